The third-order valence-corrected chi connectivity index (χ3v) is 6.07. The van der Waals surface area contributed by atoms with Crippen molar-refractivity contribution < 1.29 is 14.2 Å². The van der Waals surface area contributed by atoms with Gasteiger partial charge in [-0.2, -0.15) is 0 Å². The molecule has 1 aliphatic rings. The minimum Gasteiger partial charge on any atom is -0.497 e. The Bertz CT molecular complexity index is 1020. The highest BCUT2D eigenvalue weighted by Gasteiger charge is 2.13. The minimum absolute atomic E-state index is 0.806. The van der Waals surface area contributed by atoms with E-state index in [1.54, 1.807) is 25.6 Å². The summed E-state index contributed by atoms with van der Waals surface area (Å²) in [5.74, 6) is 1.68. The van der Waals surface area contributed by atoms with E-state index in [0.717, 1.165) is 72.6 Å². The van der Waals surface area contributed by atoms with Crippen LogP contribution in [0.25, 0.3) is 11.3 Å². The van der Waals surface area contributed by atoms with Crippen molar-refractivity contribution in [3.8, 4) is 22.8 Å². The Kier molecular flexibility index (Phi) is 6.84. The zero-order valence-electron chi connectivity index (χ0n) is 17.4. The van der Waals surface area contributed by atoms with E-state index >= 15 is 0 Å². The van der Waals surface area contributed by atoms with Gasteiger partial charge in [0.25, 0.3) is 0 Å². The largest absolute Gasteiger partial charge is 0.497 e. The average Bonchev–Trinajstić information content (AvgIpc) is 3.21. The lowest BCUT2D eigenvalue weighted by Gasteiger charge is -2.26. The zero-order valence-corrected chi connectivity index (χ0v) is 18.2. The lowest BCUT2D eigenvalue weighted by molar-refractivity contribution is 0.0363. The van der Waals surface area contributed by atoms with Gasteiger partial charge >= 0.3 is 0 Å². The van der Waals surface area contributed by atoms with Crippen molar-refractivity contribution in [3.63, 3.8) is 0 Å². The van der Waals surface area contributed by atoms with Gasteiger partial charge in [-0.1, -0.05) is 12.1 Å². The fourth-order valence-corrected chi connectivity index (χ4v) is 4.44. The number of benzene rings is 2. The van der Waals surface area contributed by atoms with Crippen molar-refractivity contribution in [2.24, 2.45) is 4.99 Å². The predicted molar refractivity (Wildman–Crippen MR) is 120 cm³/mol. The summed E-state index contributed by atoms with van der Waals surface area (Å²) in [4.78, 5) is 8.34. The smallest absolute Gasteiger partial charge is 0.190 e. The van der Waals surface area contributed by atoms with Crippen LogP contribution in [0, 0.1) is 0 Å². The second-order valence-corrected chi connectivity index (χ2v) is 7.89. The van der Waals surface area contributed by atoms with Crippen molar-refractivity contribution in [2.45, 2.75) is 6.54 Å². The van der Waals surface area contributed by atoms with Crippen molar-refractivity contribution >= 4 is 17.0 Å². The molecule has 1 saturated heterocycles. The first kappa shape index (κ1) is 20.7. The molecular formula is C23H27N3O3S. The number of morpholine rings is 1. The van der Waals surface area contributed by atoms with Gasteiger partial charge in [0.05, 0.1) is 38.8 Å². The Morgan fingerprint density at radius 3 is 2.47 bits per heavy atom. The summed E-state index contributed by atoms with van der Waals surface area (Å²) >= 11 is 1.66. The summed E-state index contributed by atoms with van der Waals surface area (Å²) in [5, 5.41) is 2.18. The second-order valence-electron chi connectivity index (χ2n) is 7.05. The van der Waals surface area contributed by atoms with E-state index in [1.807, 2.05) is 36.4 Å². The standard InChI is InChI=1S/C23H27N3O3S/c1-27-20-8-6-19(7-9-20)24-23-26(11-10-25-12-14-29-15-13-25)22(17-30-23)18-4-3-5-21(16-18)28-2/h3-9,16-17H,10-15H2,1-2H3. The fraction of sp³-hybridized carbons (Fsp3) is 0.348. The predicted octanol–water partition coefficient (Wildman–Crippen LogP) is 3.80. The molecule has 0 unspecified atom stereocenters. The maximum absolute atomic E-state index is 5.49. The van der Waals surface area contributed by atoms with Crippen LogP contribution in [0.1, 0.15) is 0 Å². The van der Waals surface area contributed by atoms with Gasteiger partial charge in [0.2, 0.25) is 0 Å². The van der Waals surface area contributed by atoms with Crippen LogP contribution in [0.4, 0.5) is 5.69 Å². The van der Waals surface area contributed by atoms with Gasteiger partial charge in [0.1, 0.15) is 11.5 Å². The van der Waals surface area contributed by atoms with E-state index in [9.17, 15) is 0 Å². The number of thiazole rings is 1. The molecule has 0 radical (unpaired) electrons. The molecule has 0 amide bonds. The SMILES string of the molecule is COc1ccc(N=c2scc(-c3cccc(OC)c3)n2CCN2CCOCC2)cc1. The van der Waals surface area contributed by atoms with Gasteiger partial charge in [-0.25, -0.2) is 4.99 Å². The number of hydrogen-bond donors (Lipinski definition) is 0. The minimum atomic E-state index is 0.806. The summed E-state index contributed by atoms with van der Waals surface area (Å²) in [6.45, 7) is 5.40. The van der Waals surface area contributed by atoms with Crippen LogP contribution < -0.4 is 14.3 Å². The number of aromatic nitrogens is 1. The molecule has 7 heteroatoms. The highest BCUT2D eigenvalue weighted by Crippen LogP contribution is 2.25. The van der Waals surface area contributed by atoms with Gasteiger partial charge in [-0.15, -0.1) is 11.3 Å². The lowest BCUT2D eigenvalue weighted by atomic mass is 10.1. The van der Waals surface area contributed by atoms with E-state index < -0.39 is 0 Å². The van der Waals surface area contributed by atoms with Crippen LogP contribution in [0.3, 0.4) is 0 Å². The summed E-state index contributed by atoms with van der Waals surface area (Å²) in [5.41, 5.74) is 3.19. The van der Waals surface area contributed by atoms with Gasteiger partial charge in [-0.05, 0) is 36.4 Å². The highest BCUT2D eigenvalue weighted by molar-refractivity contribution is 7.07. The monoisotopic (exact) mass is 425 g/mol. The number of ether oxygens (including phenoxy) is 3. The Labute approximate surface area is 181 Å². The molecule has 0 bridgehead atoms. The molecule has 1 aliphatic heterocycles. The van der Waals surface area contributed by atoms with Gasteiger partial charge in [-0.3, -0.25) is 4.90 Å². The Hall–Kier alpha value is -2.61. The Morgan fingerprint density at radius 2 is 1.73 bits per heavy atom. The van der Waals surface area contributed by atoms with E-state index in [-0.39, 0.29) is 0 Å². The molecule has 4 rings (SSSR count). The maximum Gasteiger partial charge on any atom is 0.190 e. The quantitative estimate of drug-likeness (QED) is 0.578. The first-order valence-corrected chi connectivity index (χ1v) is 11.0. The lowest BCUT2D eigenvalue weighted by Crippen LogP contribution is -2.39. The van der Waals surface area contributed by atoms with Gasteiger partial charge in [0, 0.05) is 37.1 Å². The summed E-state index contributed by atoms with van der Waals surface area (Å²) in [7, 11) is 3.37. The normalized spacial score (nSPS) is 15.3. The van der Waals surface area contributed by atoms with Crippen LogP contribution in [0.5, 0.6) is 11.5 Å². The molecule has 3 aromatic rings. The molecule has 0 atom stereocenters. The number of rotatable bonds is 7. The zero-order chi connectivity index (χ0) is 20.8. The van der Waals surface area contributed by atoms with Crippen molar-refractivity contribution in [1.82, 2.24) is 9.47 Å². The summed E-state index contributed by atoms with van der Waals surface area (Å²) < 4.78 is 18.5. The van der Waals surface area contributed by atoms with E-state index in [1.165, 1.54) is 0 Å². The van der Waals surface area contributed by atoms with Crippen molar-refractivity contribution in [1.29, 1.82) is 0 Å². The molecule has 1 fully saturated rings. The molecule has 0 N–H and O–H groups in total. The van der Waals surface area contributed by atoms with Crippen molar-refractivity contribution in [2.75, 3.05) is 47.1 Å². The van der Waals surface area contributed by atoms with Crippen molar-refractivity contribution in [3.05, 3.63) is 58.7 Å². The molecule has 0 aliphatic carbocycles. The molecule has 2 aromatic carbocycles. The third-order valence-electron chi connectivity index (χ3n) is 5.20. The first-order valence-electron chi connectivity index (χ1n) is 10.1. The number of hydrogen-bond acceptors (Lipinski definition) is 6. The highest BCUT2D eigenvalue weighted by atomic mass is 32.1. The van der Waals surface area contributed by atoms with Gasteiger partial charge < -0.3 is 18.8 Å². The van der Waals surface area contributed by atoms with Crippen LogP contribution in [-0.4, -0.2) is 56.5 Å². The molecule has 30 heavy (non-hydrogen) atoms. The second kappa shape index (κ2) is 9.93. The molecule has 0 spiro atoms. The Balaban J connectivity index is 1.69. The molecule has 6 nitrogen and oxygen atoms in total. The van der Waals surface area contributed by atoms with E-state index in [0.29, 0.717) is 0 Å². The van der Waals surface area contributed by atoms with E-state index in [4.69, 9.17) is 19.2 Å². The summed E-state index contributed by atoms with van der Waals surface area (Å²) in [6, 6.07) is 16.0. The fourth-order valence-electron chi connectivity index (χ4n) is 3.48. The number of nitrogens with zero attached hydrogens (tertiary/aromatic N) is 3. The number of methoxy groups -OCH3 is 2. The van der Waals surface area contributed by atoms with E-state index in [2.05, 4.69) is 27.0 Å². The molecule has 0 saturated carbocycles. The van der Waals surface area contributed by atoms with Crippen LogP contribution in [0.15, 0.2) is 58.9 Å². The topological polar surface area (TPSA) is 48.2 Å². The Morgan fingerprint density at radius 1 is 0.967 bits per heavy atom. The first-order chi connectivity index (χ1) is 14.8. The molecule has 158 valence electrons. The summed E-state index contributed by atoms with van der Waals surface area (Å²) in [6.07, 6.45) is 0. The average molecular weight is 426 g/mol. The van der Waals surface area contributed by atoms with Crippen LogP contribution in [-0.2, 0) is 11.3 Å². The molecular weight excluding hydrogens is 398 g/mol. The van der Waals surface area contributed by atoms with Gasteiger partial charge in [0.15, 0.2) is 4.80 Å². The maximum atomic E-state index is 5.49. The molecule has 2 heterocycles. The molecule has 1 aromatic heterocycles. The van der Waals surface area contributed by atoms with Crippen LogP contribution in [0.2, 0.25) is 0 Å². The van der Waals surface area contributed by atoms with Crippen LogP contribution >= 0.6 is 11.3 Å². The third kappa shape index (κ3) is 4.92.